The van der Waals surface area contributed by atoms with E-state index < -0.39 is 5.60 Å². The van der Waals surface area contributed by atoms with Crippen molar-refractivity contribution in [1.29, 1.82) is 0 Å². The number of likely N-dealkylation sites (tertiary alicyclic amines) is 1. The van der Waals surface area contributed by atoms with Crippen LogP contribution in [-0.4, -0.2) is 50.4 Å². The van der Waals surface area contributed by atoms with E-state index in [1.54, 1.807) is 11.2 Å². The highest BCUT2D eigenvalue weighted by Gasteiger charge is 2.29. The summed E-state index contributed by atoms with van der Waals surface area (Å²) in [5.41, 5.74) is -0.499. The van der Waals surface area contributed by atoms with Crippen molar-refractivity contribution >= 4 is 12.0 Å². The summed E-state index contributed by atoms with van der Waals surface area (Å²) in [5, 5.41) is 10.8. The quantitative estimate of drug-likeness (QED) is 0.900. The molecule has 0 radical (unpaired) electrons. The lowest BCUT2D eigenvalue weighted by Gasteiger charge is -2.32. The summed E-state index contributed by atoms with van der Waals surface area (Å²) in [5.74, 6) is 0.670. The molecule has 1 aliphatic rings. The van der Waals surface area contributed by atoms with Gasteiger partial charge in [-0.05, 0) is 40.5 Å². The third-order valence-corrected chi connectivity index (χ3v) is 3.97. The summed E-state index contributed by atoms with van der Waals surface area (Å²) in [6.45, 7) is 9.77. The van der Waals surface area contributed by atoms with Crippen LogP contribution < -0.4 is 5.32 Å². The average molecular weight is 337 g/mol. The summed E-state index contributed by atoms with van der Waals surface area (Å²) in [7, 11) is 0. The van der Waals surface area contributed by atoms with Crippen molar-refractivity contribution < 1.29 is 14.3 Å². The van der Waals surface area contributed by atoms with E-state index >= 15 is 0 Å². The van der Waals surface area contributed by atoms with Gasteiger partial charge in [-0.3, -0.25) is 4.79 Å². The fourth-order valence-electron chi connectivity index (χ4n) is 2.64. The zero-order chi connectivity index (χ0) is 17.7. The number of aromatic nitrogens is 3. The van der Waals surface area contributed by atoms with Crippen LogP contribution in [0.5, 0.6) is 0 Å². The second kappa shape index (κ2) is 7.63. The van der Waals surface area contributed by atoms with Crippen molar-refractivity contribution in [1.82, 2.24) is 25.0 Å². The summed E-state index contributed by atoms with van der Waals surface area (Å²) in [6, 6.07) is 0. The van der Waals surface area contributed by atoms with Gasteiger partial charge in [0.25, 0.3) is 0 Å². The molecule has 0 bridgehead atoms. The Labute approximate surface area is 142 Å². The maximum atomic E-state index is 12.3. The lowest BCUT2D eigenvalue weighted by Crippen LogP contribution is -2.44. The molecular weight excluding hydrogens is 310 g/mol. The van der Waals surface area contributed by atoms with E-state index in [1.165, 1.54) is 0 Å². The van der Waals surface area contributed by atoms with Gasteiger partial charge in [0.05, 0.1) is 6.54 Å². The Morgan fingerprint density at radius 2 is 2.00 bits per heavy atom. The molecule has 1 aliphatic heterocycles. The molecule has 0 unspecified atom stereocenters. The molecule has 1 saturated heterocycles. The normalized spacial score (nSPS) is 16.1. The van der Waals surface area contributed by atoms with Gasteiger partial charge in [0, 0.05) is 25.6 Å². The van der Waals surface area contributed by atoms with Crippen LogP contribution in [-0.2, 0) is 22.6 Å². The van der Waals surface area contributed by atoms with Crippen molar-refractivity contribution in [3.05, 3.63) is 12.2 Å². The molecule has 24 heavy (non-hydrogen) atoms. The Kier molecular flexibility index (Phi) is 5.80. The molecule has 1 aromatic heterocycles. The third kappa shape index (κ3) is 4.94. The second-order valence-corrected chi connectivity index (χ2v) is 6.99. The number of nitrogens with zero attached hydrogens (tertiary/aromatic N) is 4. The molecule has 2 heterocycles. The molecule has 8 nitrogen and oxygen atoms in total. The molecule has 0 aliphatic carbocycles. The number of ether oxygens (including phenoxy) is 1. The summed E-state index contributed by atoms with van der Waals surface area (Å²) in [6.07, 6.45) is 2.63. The van der Waals surface area contributed by atoms with Gasteiger partial charge in [0.1, 0.15) is 11.9 Å². The maximum absolute atomic E-state index is 12.3. The highest BCUT2D eigenvalue weighted by atomic mass is 16.6. The molecule has 2 amide bonds. The first-order valence-electron chi connectivity index (χ1n) is 8.42. The lowest BCUT2D eigenvalue weighted by atomic mass is 9.96. The Bertz CT molecular complexity index is 571. The van der Waals surface area contributed by atoms with E-state index in [9.17, 15) is 9.59 Å². The number of carbonyl (C=O) groups excluding carboxylic acids is 2. The van der Waals surface area contributed by atoms with Gasteiger partial charge < -0.3 is 19.5 Å². The molecule has 1 aromatic rings. The molecule has 8 heteroatoms. The fraction of sp³-hybridized carbons (Fsp3) is 0.750. The van der Waals surface area contributed by atoms with E-state index in [-0.39, 0.29) is 17.9 Å². The predicted molar refractivity (Wildman–Crippen MR) is 88.1 cm³/mol. The first kappa shape index (κ1) is 18.2. The molecule has 0 aromatic carbocycles. The number of piperidine rings is 1. The Hall–Kier alpha value is -2.12. The van der Waals surface area contributed by atoms with Crippen LogP contribution in [0.4, 0.5) is 4.79 Å². The summed E-state index contributed by atoms with van der Waals surface area (Å²) < 4.78 is 7.26. The van der Waals surface area contributed by atoms with E-state index in [0.29, 0.717) is 32.5 Å². The van der Waals surface area contributed by atoms with Crippen LogP contribution >= 0.6 is 0 Å². The predicted octanol–water partition coefficient (Wildman–Crippen LogP) is 1.56. The summed E-state index contributed by atoms with van der Waals surface area (Å²) in [4.78, 5) is 26.0. The zero-order valence-electron chi connectivity index (χ0n) is 14.9. The fourth-order valence-corrected chi connectivity index (χ4v) is 2.64. The topological polar surface area (TPSA) is 89.4 Å². The molecule has 0 spiro atoms. The van der Waals surface area contributed by atoms with Crippen molar-refractivity contribution in [3.63, 3.8) is 0 Å². The minimum absolute atomic E-state index is 0.00416. The van der Waals surface area contributed by atoms with Crippen molar-refractivity contribution in [2.45, 2.75) is 59.2 Å². The van der Waals surface area contributed by atoms with Crippen molar-refractivity contribution in [2.24, 2.45) is 5.92 Å². The van der Waals surface area contributed by atoms with Crippen molar-refractivity contribution in [2.75, 3.05) is 13.1 Å². The van der Waals surface area contributed by atoms with Gasteiger partial charge in [0.2, 0.25) is 5.91 Å². The zero-order valence-corrected chi connectivity index (χ0v) is 14.9. The molecule has 1 fully saturated rings. The SMILES string of the molecule is CCn1cnnc1CNC(=O)C1CCN(C(=O)OC(C)(C)C)CC1. The minimum Gasteiger partial charge on any atom is -0.444 e. The number of hydrogen-bond donors (Lipinski definition) is 1. The lowest BCUT2D eigenvalue weighted by molar-refractivity contribution is -0.126. The Morgan fingerprint density at radius 1 is 1.33 bits per heavy atom. The molecule has 0 saturated carbocycles. The molecular formula is C16H27N5O3. The largest absolute Gasteiger partial charge is 0.444 e. The van der Waals surface area contributed by atoms with E-state index in [0.717, 1.165) is 12.4 Å². The highest BCUT2D eigenvalue weighted by Crippen LogP contribution is 2.20. The van der Waals surface area contributed by atoms with E-state index in [2.05, 4.69) is 15.5 Å². The first-order chi connectivity index (χ1) is 11.3. The smallest absolute Gasteiger partial charge is 0.410 e. The second-order valence-electron chi connectivity index (χ2n) is 6.99. The Morgan fingerprint density at radius 3 is 2.58 bits per heavy atom. The molecule has 0 atom stereocenters. The monoisotopic (exact) mass is 337 g/mol. The van der Waals surface area contributed by atoms with E-state index in [4.69, 9.17) is 4.74 Å². The van der Waals surface area contributed by atoms with E-state index in [1.807, 2.05) is 32.3 Å². The van der Waals surface area contributed by atoms with Gasteiger partial charge in [-0.25, -0.2) is 4.79 Å². The van der Waals surface area contributed by atoms with Crippen LogP contribution in [0.25, 0.3) is 0 Å². The van der Waals surface area contributed by atoms with Crippen LogP contribution in [0.15, 0.2) is 6.33 Å². The number of nitrogens with one attached hydrogen (secondary N) is 1. The average Bonchev–Trinajstić information content (AvgIpc) is 2.98. The Balaban J connectivity index is 1.77. The van der Waals surface area contributed by atoms with Crippen LogP contribution in [0.3, 0.4) is 0 Å². The van der Waals surface area contributed by atoms with Gasteiger partial charge in [0.15, 0.2) is 5.82 Å². The standard InChI is InChI=1S/C16H27N5O3/c1-5-20-11-18-19-13(20)10-17-14(22)12-6-8-21(9-7-12)15(23)24-16(2,3)4/h11-12H,5-10H2,1-4H3,(H,17,22). The van der Waals surface area contributed by atoms with Crippen LogP contribution in [0, 0.1) is 5.92 Å². The van der Waals surface area contributed by atoms with Gasteiger partial charge in [-0.15, -0.1) is 10.2 Å². The number of aryl methyl sites for hydroxylation is 1. The molecule has 2 rings (SSSR count). The van der Waals surface area contributed by atoms with Crippen molar-refractivity contribution in [3.8, 4) is 0 Å². The molecule has 1 N–H and O–H groups in total. The minimum atomic E-state index is -0.499. The maximum Gasteiger partial charge on any atom is 0.410 e. The van der Waals surface area contributed by atoms with Gasteiger partial charge in [-0.1, -0.05) is 0 Å². The molecule has 134 valence electrons. The number of hydrogen-bond acceptors (Lipinski definition) is 5. The number of amides is 2. The highest BCUT2D eigenvalue weighted by molar-refractivity contribution is 5.79. The third-order valence-electron chi connectivity index (χ3n) is 3.97. The van der Waals surface area contributed by atoms with Crippen LogP contribution in [0.2, 0.25) is 0 Å². The van der Waals surface area contributed by atoms with Gasteiger partial charge in [-0.2, -0.15) is 0 Å². The first-order valence-corrected chi connectivity index (χ1v) is 8.42. The number of rotatable bonds is 4. The number of carbonyl (C=O) groups is 2. The van der Waals surface area contributed by atoms with Gasteiger partial charge >= 0.3 is 6.09 Å². The summed E-state index contributed by atoms with van der Waals surface area (Å²) >= 11 is 0. The van der Waals surface area contributed by atoms with Crippen LogP contribution in [0.1, 0.15) is 46.4 Å².